The summed E-state index contributed by atoms with van der Waals surface area (Å²) in [5.74, 6) is 0.267. The quantitative estimate of drug-likeness (QED) is 0.746. The summed E-state index contributed by atoms with van der Waals surface area (Å²) < 4.78 is 10.6. The molecule has 2 rings (SSSR count). The molecule has 2 fully saturated rings. The number of amides is 1. The second kappa shape index (κ2) is 8.11. The van der Waals surface area contributed by atoms with Crippen molar-refractivity contribution in [3.8, 4) is 0 Å². The largest absolute Gasteiger partial charge is 0.385 e. The smallest absolute Gasteiger partial charge is 0.237 e. The number of nitrogens with one attached hydrogen (secondary N) is 1. The van der Waals surface area contributed by atoms with Crippen LogP contribution in [0.3, 0.4) is 0 Å². The minimum atomic E-state index is -0.394. The lowest BCUT2D eigenvalue weighted by Crippen LogP contribution is -2.49. The molecule has 0 aromatic heterocycles. The molecule has 2 aliphatic rings. The third-order valence-corrected chi connectivity index (χ3v) is 5.21. The standard InChI is InChI=1S/C16H30N2O3/c1-20-11-8-16(6-2-3-7-16)12-18-15(19)14(17)13-4-9-21-10-5-13/h13-14H,2-12,17H2,1H3,(H,18,19). The summed E-state index contributed by atoms with van der Waals surface area (Å²) in [6, 6.07) is -0.394. The van der Waals surface area contributed by atoms with Gasteiger partial charge in [0.15, 0.2) is 0 Å². The number of nitrogens with two attached hydrogens (primary N) is 1. The molecule has 0 spiro atoms. The highest BCUT2D eigenvalue weighted by Crippen LogP contribution is 2.40. The Morgan fingerprint density at radius 3 is 2.67 bits per heavy atom. The fraction of sp³-hybridized carbons (Fsp3) is 0.938. The van der Waals surface area contributed by atoms with E-state index >= 15 is 0 Å². The second-order valence-electron chi connectivity index (χ2n) is 6.64. The molecule has 1 saturated heterocycles. The number of hydrogen-bond donors (Lipinski definition) is 2. The molecule has 21 heavy (non-hydrogen) atoms. The highest BCUT2D eigenvalue weighted by molar-refractivity contribution is 5.81. The van der Waals surface area contributed by atoms with Crippen molar-refractivity contribution in [2.24, 2.45) is 17.1 Å². The van der Waals surface area contributed by atoms with E-state index in [1.807, 2.05) is 0 Å². The molecule has 1 saturated carbocycles. The van der Waals surface area contributed by atoms with E-state index in [1.54, 1.807) is 7.11 Å². The topological polar surface area (TPSA) is 73.6 Å². The van der Waals surface area contributed by atoms with Gasteiger partial charge < -0.3 is 20.5 Å². The Morgan fingerprint density at radius 2 is 2.05 bits per heavy atom. The van der Waals surface area contributed by atoms with Gasteiger partial charge in [0.2, 0.25) is 5.91 Å². The number of hydrogen-bond acceptors (Lipinski definition) is 4. The molecule has 0 aromatic carbocycles. The average molecular weight is 298 g/mol. The third kappa shape index (κ3) is 4.66. The van der Waals surface area contributed by atoms with Crippen molar-refractivity contribution in [3.05, 3.63) is 0 Å². The Hall–Kier alpha value is -0.650. The Labute approximate surface area is 127 Å². The van der Waals surface area contributed by atoms with E-state index < -0.39 is 6.04 Å². The fourth-order valence-corrected chi connectivity index (χ4v) is 3.64. The van der Waals surface area contributed by atoms with Gasteiger partial charge in [-0.3, -0.25) is 4.79 Å². The zero-order chi connectivity index (χ0) is 15.1. The van der Waals surface area contributed by atoms with Crippen LogP contribution in [0.2, 0.25) is 0 Å². The Kier molecular flexibility index (Phi) is 6.45. The predicted octanol–water partition coefficient (Wildman–Crippen LogP) is 1.45. The number of ether oxygens (including phenoxy) is 2. The molecule has 1 aliphatic heterocycles. The molecule has 1 amide bonds. The summed E-state index contributed by atoms with van der Waals surface area (Å²) in [5, 5.41) is 3.11. The Morgan fingerprint density at radius 1 is 1.38 bits per heavy atom. The summed E-state index contributed by atoms with van der Waals surface area (Å²) in [4.78, 5) is 12.3. The highest BCUT2D eigenvalue weighted by atomic mass is 16.5. The number of carbonyl (C=O) groups excluding carboxylic acids is 1. The number of rotatable bonds is 7. The number of carbonyl (C=O) groups is 1. The molecule has 1 unspecified atom stereocenters. The van der Waals surface area contributed by atoms with Gasteiger partial charge in [-0.2, -0.15) is 0 Å². The molecule has 0 radical (unpaired) electrons. The SMILES string of the molecule is COCCC1(CNC(=O)C(N)C2CCOCC2)CCCC1. The third-order valence-electron chi connectivity index (χ3n) is 5.21. The van der Waals surface area contributed by atoms with Gasteiger partial charge in [0, 0.05) is 33.5 Å². The first kappa shape index (κ1) is 16.7. The zero-order valence-corrected chi connectivity index (χ0v) is 13.2. The average Bonchev–Trinajstić information content (AvgIpc) is 3.00. The normalized spacial score (nSPS) is 23.9. The van der Waals surface area contributed by atoms with Crippen LogP contribution >= 0.6 is 0 Å². The minimum absolute atomic E-state index is 0.00518. The Bertz CT molecular complexity index is 323. The molecule has 5 nitrogen and oxygen atoms in total. The van der Waals surface area contributed by atoms with Gasteiger partial charge in [-0.15, -0.1) is 0 Å². The van der Waals surface area contributed by atoms with Gasteiger partial charge in [-0.1, -0.05) is 12.8 Å². The molecule has 3 N–H and O–H groups in total. The van der Waals surface area contributed by atoms with Crippen LogP contribution in [0.25, 0.3) is 0 Å². The van der Waals surface area contributed by atoms with Gasteiger partial charge in [0.05, 0.1) is 6.04 Å². The van der Waals surface area contributed by atoms with E-state index in [2.05, 4.69) is 5.32 Å². The summed E-state index contributed by atoms with van der Waals surface area (Å²) >= 11 is 0. The van der Waals surface area contributed by atoms with Gasteiger partial charge in [-0.25, -0.2) is 0 Å². The van der Waals surface area contributed by atoms with Crippen LogP contribution in [0.4, 0.5) is 0 Å². The van der Waals surface area contributed by atoms with Crippen molar-refractivity contribution >= 4 is 5.91 Å². The summed E-state index contributed by atoms with van der Waals surface area (Å²) in [7, 11) is 1.74. The van der Waals surface area contributed by atoms with Crippen molar-refractivity contribution < 1.29 is 14.3 Å². The summed E-state index contributed by atoms with van der Waals surface area (Å²) in [6.07, 6.45) is 7.69. The van der Waals surface area contributed by atoms with E-state index in [1.165, 1.54) is 25.7 Å². The van der Waals surface area contributed by atoms with Crippen LogP contribution in [-0.4, -0.2) is 45.4 Å². The lowest BCUT2D eigenvalue weighted by atomic mass is 9.82. The molecule has 1 atom stereocenters. The van der Waals surface area contributed by atoms with Crippen molar-refractivity contribution in [1.82, 2.24) is 5.32 Å². The van der Waals surface area contributed by atoms with Crippen LogP contribution in [0, 0.1) is 11.3 Å². The van der Waals surface area contributed by atoms with Gasteiger partial charge in [0.25, 0.3) is 0 Å². The molecular formula is C16H30N2O3. The van der Waals surface area contributed by atoms with Crippen LogP contribution in [-0.2, 0) is 14.3 Å². The first-order valence-corrected chi connectivity index (χ1v) is 8.27. The van der Waals surface area contributed by atoms with Crippen LogP contribution < -0.4 is 11.1 Å². The van der Waals surface area contributed by atoms with E-state index in [0.717, 1.165) is 45.6 Å². The number of methoxy groups -OCH3 is 1. The van der Waals surface area contributed by atoms with Gasteiger partial charge >= 0.3 is 0 Å². The van der Waals surface area contributed by atoms with Crippen molar-refractivity contribution in [1.29, 1.82) is 0 Å². The first-order chi connectivity index (χ1) is 10.2. The van der Waals surface area contributed by atoms with Crippen molar-refractivity contribution in [2.75, 3.05) is 33.5 Å². The van der Waals surface area contributed by atoms with Crippen LogP contribution in [0.15, 0.2) is 0 Å². The van der Waals surface area contributed by atoms with Crippen molar-refractivity contribution in [2.45, 2.75) is 51.0 Å². The second-order valence-corrected chi connectivity index (χ2v) is 6.64. The Balaban J connectivity index is 1.80. The lowest BCUT2D eigenvalue weighted by Gasteiger charge is -2.31. The fourth-order valence-electron chi connectivity index (χ4n) is 3.64. The predicted molar refractivity (Wildman–Crippen MR) is 81.9 cm³/mol. The van der Waals surface area contributed by atoms with E-state index in [-0.39, 0.29) is 17.2 Å². The van der Waals surface area contributed by atoms with Crippen molar-refractivity contribution in [3.63, 3.8) is 0 Å². The van der Waals surface area contributed by atoms with Crippen LogP contribution in [0.1, 0.15) is 44.9 Å². The molecular weight excluding hydrogens is 268 g/mol. The minimum Gasteiger partial charge on any atom is -0.385 e. The summed E-state index contributed by atoms with van der Waals surface area (Å²) in [6.45, 7) is 2.96. The molecule has 122 valence electrons. The van der Waals surface area contributed by atoms with E-state index in [9.17, 15) is 4.79 Å². The molecule has 0 bridgehead atoms. The maximum Gasteiger partial charge on any atom is 0.237 e. The summed E-state index contributed by atoms with van der Waals surface area (Å²) in [5.41, 5.74) is 6.35. The maximum absolute atomic E-state index is 12.3. The lowest BCUT2D eigenvalue weighted by molar-refractivity contribution is -0.125. The molecule has 0 aromatic rings. The molecule has 5 heteroatoms. The maximum atomic E-state index is 12.3. The van der Waals surface area contributed by atoms with Gasteiger partial charge in [-0.05, 0) is 43.4 Å². The first-order valence-electron chi connectivity index (χ1n) is 8.27. The molecule has 1 heterocycles. The van der Waals surface area contributed by atoms with E-state index in [0.29, 0.717) is 0 Å². The highest BCUT2D eigenvalue weighted by Gasteiger charge is 2.35. The van der Waals surface area contributed by atoms with Crippen LogP contribution in [0.5, 0.6) is 0 Å². The molecule has 1 aliphatic carbocycles. The van der Waals surface area contributed by atoms with Gasteiger partial charge in [0.1, 0.15) is 0 Å². The zero-order valence-electron chi connectivity index (χ0n) is 13.2. The van der Waals surface area contributed by atoms with E-state index in [4.69, 9.17) is 15.2 Å². The monoisotopic (exact) mass is 298 g/mol.